The zero-order valence-corrected chi connectivity index (χ0v) is 18.0. The lowest BCUT2D eigenvalue weighted by Gasteiger charge is -2.13. The number of rotatable bonds is 18. The molecule has 0 bridgehead atoms. The lowest BCUT2D eigenvalue weighted by molar-refractivity contribution is -0.145. The topological polar surface area (TPSA) is 64.6 Å². The summed E-state index contributed by atoms with van der Waals surface area (Å²) in [5.74, 6) is -0.398. The van der Waals surface area contributed by atoms with Crippen LogP contribution in [0, 0.1) is 0 Å². The molecule has 1 N–H and O–H groups in total. The number of ether oxygens (including phenoxy) is 2. The SMILES string of the molecule is CCCCCCCCCCCCCCOC(=O)[C@H](C)NC(=O)OCCCC. The molecule has 0 radical (unpaired) electrons. The van der Waals surface area contributed by atoms with Gasteiger partial charge in [0.25, 0.3) is 0 Å². The van der Waals surface area contributed by atoms with Crippen LogP contribution in [0.4, 0.5) is 4.79 Å². The summed E-state index contributed by atoms with van der Waals surface area (Å²) < 4.78 is 10.2. The molecule has 27 heavy (non-hydrogen) atoms. The summed E-state index contributed by atoms with van der Waals surface area (Å²) in [7, 11) is 0. The minimum atomic E-state index is -0.670. The fraction of sp³-hybridized carbons (Fsp3) is 0.909. The summed E-state index contributed by atoms with van der Waals surface area (Å²) >= 11 is 0. The molecule has 0 spiro atoms. The van der Waals surface area contributed by atoms with Crippen LogP contribution in [-0.4, -0.2) is 31.3 Å². The van der Waals surface area contributed by atoms with Crippen molar-refractivity contribution in [2.45, 2.75) is 117 Å². The van der Waals surface area contributed by atoms with E-state index in [9.17, 15) is 9.59 Å². The van der Waals surface area contributed by atoms with E-state index < -0.39 is 18.1 Å². The average Bonchev–Trinajstić information content (AvgIpc) is 2.65. The maximum absolute atomic E-state index is 11.8. The second-order valence-electron chi connectivity index (χ2n) is 7.41. The maximum atomic E-state index is 11.8. The highest BCUT2D eigenvalue weighted by Gasteiger charge is 2.17. The molecule has 5 nitrogen and oxygen atoms in total. The van der Waals surface area contributed by atoms with E-state index in [1.165, 1.54) is 64.2 Å². The summed E-state index contributed by atoms with van der Waals surface area (Å²) in [5.41, 5.74) is 0. The molecular formula is C22H43NO4. The van der Waals surface area contributed by atoms with Gasteiger partial charge in [-0.2, -0.15) is 0 Å². The van der Waals surface area contributed by atoms with Crippen molar-refractivity contribution in [3.05, 3.63) is 0 Å². The van der Waals surface area contributed by atoms with Crippen LogP contribution in [0.15, 0.2) is 0 Å². The zero-order valence-electron chi connectivity index (χ0n) is 18.0. The van der Waals surface area contributed by atoms with E-state index in [2.05, 4.69) is 12.2 Å². The first-order valence-corrected chi connectivity index (χ1v) is 11.2. The minimum absolute atomic E-state index is 0.378. The highest BCUT2D eigenvalue weighted by atomic mass is 16.6. The Morgan fingerprint density at radius 2 is 1.11 bits per heavy atom. The Bertz CT molecular complexity index is 360. The Hall–Kier alpha value is -1.26. The number of esters is 1. The van der Waals surface area contributed by atoms with Crippen LogP contribution in [0.2, 0.25) is 0 Å². The number of carbonyl (C=O) groups excluding carboxylic acids is 2. The Morgan fingerprint density at radius 3 is 1.63 bits per heavy atom. The monoisotopic (exact) mass is 385 g/mol. The first-order valence-electron chi connectivity index (χ1n) is 11.2. The first kappa shape index (κ1) is 25.7. The molecular weight excluding hydrogens is 342 g/mol. The molecule has 0 aromatic rings. The van der Waals surface area contributed by atoms with Crippen molar-refractivity contribution in [2.75, 3.05) is 13.2 Å². The fourth-order valence-electron chi connectivity index (χ4n) is 2.83. The van der Waals surface area contributed by atoms with Gasteiger partial charge in [0.15, 0.2) is 0 Å². The molecule has 0 aromatic heterocycles. The average molecular weight is 386 g/mol. The zero-order chi connectivity index (χ0) is 20.2. The van der Waals surface area contributed by atoms with Gasteiger partial charge in [-0.25, -0.2) is 9.59 Å². The lowest BCUT2D eigenvalue weighted by Crippen LogP contribution is -2.40. The van der Waals surface area contributed by atoms with Crippen LogP contribution in [0.3, 0.4) is 0 Å². The van der Waals surface area contributed by atoms with Crippen LogP contribution in [0.25, 0.3) is 0 Å². The fourth-order valence-corrected chi connectivity index (χ4v) is 2.83. The first-order chi connectivity index (χ1) is 13.1. The van der Waals surface area contributed by atoms with E-state index in [1.807, 2.05) is 6.92 Å². The number of unbranched alkanes of at least 4 members (excludes halogenated alkanes) is 12. The molecule has 0 aliphatic rings. The molecule has 0 aliphatic carbocycles. The Morgan fingerprint density at radius 1 is 0.667 bits per heavy atom. The molecule has 0 aliphatic heterocycles. The van der Waals surface area contributed by atoms with Crippen LogP contribution in [0.1, 0.15) is 111 Å². The summed E-state index contributed by atoms with van der Waals surface area (Å²) in [6, 6.07) is -0.670. The Kier molecular flexibility index (Phi) is 18.6. The van der Waals surface area contributed by atoms with Gasteiger partial charge in [-0.1, -0.05) is 90.9 Å². The molecule has 0 aromatic carbocycles. The van der Waals surface area contributed by atoms with Crippen molar-refractivity contribution in [1.29, 1.82) is 0 Å². The van der Waals surface area contributed by atoms with Crippen LogP contribution >= 0.6 is 0 Å². The molecule has 0 saturated carbocycles. The normalized spacial score (nSPS) is 11.8. The van der Waals surface area contributed by atoms with Gasteiger partial charge in [0.05, 0.1) is 13.2 Å². The minimum Gasteiger partial charge on any atom is -0.464 e. The van der Waals surface area contributed by atoms with Gasteiger partial charge in [0, 0.05) is 0 Å². The van der Waals surface area contributed by atoms with Crippen molar-refractivity contribution in [3.63, 3.8) is 0 Å². The summed E-state index contributed by atoms with van der Waals surface area (Å²) in [6.45, 7) is 6.70. The van der Waals surface area contributed by atoms with Crippen LogP contribution in [0.5, 0.6) is 0 Å². The Balaban J connectivity index is 3.41. The molecule has 1 amide bonds. The third-order valence-corrected chi connectivity index (χ3v) is 4.66. The van der Waals surface area contributed by atoms with Crippen LogP contribution < -0.4 is 5.32 Å². The van der Waals surface area contributed by atoms with Crippen LogP contribution in [-0.2, 0) is 14.3 Å². The number of alkyl carbamates (subject to hydrolysis) is 1. The maximum Gasteiger partial charge on any atom is 0.407 e. The Labute approximate surface area is 167 Å². The van der Waals surface area contributed by atoms with Gasteiger partial charge in [-0.3, -0.25) is 0 Å². The summed E-state index contributed by atoms with van der Waals surface area (Å²) in [6.07, 6.45) is 16.6. The lowest BCUT2D eigenvalue weighted by atomic mass is 10.1. The molecule has 160 valence electrons. The highest BCUT2D eigenvalue weighted by Crippen LogP contribution is 2.12. The predicted molar refractivity (Wildman–Crippen MR) is 111 cm³/mol. The van der Waals surface area contributed by atoms with Crippen molar-refractivity contribution in [3.8, 4) is 0 Å². The summed E-state index contributed by atoms with van der Waals surface area (Å²) in [4.78, 5) is 23.3. The van der Waals surface area contributed by atoms with E-state index in [0.717, 1.165) is 25.7 Å². The van der Waals surface area contributed by atoms with E-state index in [0.29, 0.717) is 13.2 Å². The largest absolute Gasteiger partial charge is 0.464 e. The molecule has 0 saturated heterocycles. The van der Waals surface area contributed by atoms with Gasteiger partial charge in [-0.15, -0.1) is 0 Å². The van der Waals surface area contributed by atoms with E-state index >= 15 is 0 Å². The van der Waals surface area contributed by atoms with E-state index in [1.54, 1.807) is 6.92 Å². The molecule has 0 rings (SSSR count). The van der Waals surface area contributed by atoms with Gasteiger partial charge in [0.2, 0.25) is 0 Å². The van der Waals surface area contributed by atoms with Gasteiger partial charge in [0.1, 0.15) is 6.04 Å². The van der Waals surface area contributed by atoms with Gasteiger partial charge in [-0.05, 0) is 19.8 Å². The molecule has 1 atom stereocenters. The van der Waals surface area contributed by atoms with Gasteiger partial charge < -0.3 is 14.8 Å². The molecule has 0 unspecified atom stereocenters. The van der Waals surface area contributed by atoms with Crippen molar-refractivity contribution < 1.29 is 19.1 Å². The molecule has 0 heterocycles. The number of hydrogen-bond acceptors (Lipinski definition) is 4. The van der Waals surface area contributed by atoms with Crippen molar-refractivity contribution in [2.24, 2.45) is 0 Å². The molecule has 5 heteroatoms. The van der Waals surface area contributed by atoms with E-state index in [-0.39, 0.29) is 0 Å². The predicted octanol–water partition coefficient (Wildman–Crippen LogP) is 6.15. The number of hydrogen-bond donors (Lipinski definition) is 1. The second kappa shape index (κ2) is 19.5. The summed E-state index contributed by atoms with van der Waals surface area (Å²) in [5, 5.41) is 2.50. The second-order valence-corrected chi connectivity index (χ2v) is 7.41. The third kappa shape index (κ3) is 17.9. The number of amides is 1. The quantitative estimate of drug-likeness (QED) is 0.227. The highest BCUT2D eigenvalue weighted by molar-refractivity contribution is 5.80. The number of nitrogens with one attached hydrogen (secondary N) is 1. The van der Waals surface area contributed by atoms with Crippen molar-refractivity contribution >= 4 is 12.1 Å². The van der Waals surface area contributed by atoms with Crippen molar-refractivity contribution in [1.82, 2.24) is 5.32 Å². The van der Waals surface area contributed by atoms with E-state index in [4.69, 9.17) is 9.47 Å². The standard InChI is InChI=1S/C22H43NO4/c1-4-6-8-9-10-11-12-13-14-15-16-17-19-26-21(24)20(3)23-22(25)27-18-7-5-2/h20H,4-19H2,1-3H3,(H,23,25)/t20-/m0/s1. The van der Waals surface area contributed by atoms with Gasteiger partial charge >= 0.3 is 12.1 Å². The third-order valence-electron chi connectivity index (χ3n) is 4.66. The molecule has 0 fully saturated rings. The number of carbonyl (C=O) groups is 2. The smallest absolute Gasteiger partial charge is 0.407 e.